The fourth-order valence-corrected chi connectivity index (χ4v) is 2.97. The standard InChI is InChI=1S/C18H19ClN2/c1-12-4-7-15(8-5-12)14(3)21-17-9-6-13(2)10-16(17)20-18(21)11-19/h4-10,14H,11H2,1-3H3. The molecule has 1 aromatic heterocycles. The molecule has 0 aliphatic rings. The van der Waals surface area contributed by atoms with Crippen LogP contribution in [0.2, 0.25) is 0 Å². The largest absolute Gasteiger partial charge is 0.320 e. The Hall–Kier alpha value is -1.80. The Bertz CT molecular complexity index is 772. The van der Waals surface area contributed by atoms with Crippen molar-refractivity contribution in [3.8, 4) is 0 Å². The van der Waals surface area contributed by atoms with Crippen molar-refractivity contribution in [3.63, 3.8) is 0 Å². The molecule has 1 atom stereocenters. The van der Waals surface area contributed by atoms with Crippen LogP contribution in [-0.2, 0) is 5.88 Å². The normalized spacial score (nSPS) is 12.8. The van der Waals surface area contributed by atoms with Gasteiger partial charge in [-0.05, 0) is 44.0 Å². The maximum atomic E-state index is 6.12. The van der Waals surface area contributed by atoms with Gasteiger partial charge in [0.05, 0.1) is 23.0 Å². The molecule has 0 amide bonds. The second-order valence-corrected chi connectivity index (χ2v) is 5.88. The van der Waals surface area contributed by atoms with E-state index in [4.69, 9.17) is 11.6 Å². The molecule has 3 rings (SSSR count). The summed E-state index contributed by atoms with van der Waals surface area (Å²) >= 11 is 6.12. The lowest BCUT2D eigenvalue weighted by atomic mass is 10.1. The molecule has 0 radical (unpaired) electrons. The van der Waals surface area contributed by atoms with Crippen LogP contribution in [0.15, 0.2) is 42.5 Å². The predicted molar refractivity (Wildman–Crippen MR) is 89.0 cm³/mol. The van der Waals surface area contributed by atoms with Crippen molar-refractivity contribution in [3.05, 3.63) is 65.0 Å². The molecule has 0 fully saturated rings. The van der Waals surface area contributed by atoms with Gasteiger partial charge in [0.15, 0.2) is 0 Å². The van der Waals surface area contributed by atoms with Gasteiger partial charge < -0.3 is 4.57 Å². The van der Waals surface area contributed by atoms with E-state index in [2.05, 4.69) is 72.8 Å². The number of fused-ring (bicyclic) bond motifs is 1. The van der Waals surface area contributed by atoms with Gasteiger partial charge >= 0.3 is 0 Å². The molecule has 0 aliphatic carbocycles. The predicted octanol–water partition coefficient (Wildman–Crippen LogP) is 5.00. The number of hydrogen-bond donors (Lipinski definition) is 0. The number of nitrogens with zero attached hydrogens (tertiary/aromatic N) is 2. The zero-order valence-electron chi connectivity index (χ0n) is 12.6. The topological polar surface area (TPSA) is 17.8 Å². The number of rotatable bonds is 3. The van der Waals surface area contributed by atoms with Gasteiger partial charge in [0.25, 0.3) is 0 Å². The van der Waals surface area contributed by atoms with Gasteiger partial charge in [-0.15, -0.1) is 11.6 Å². The number of imidazole rings is 1. The SMILES string of the molecule is Cc1ccc(C(C)n2c(CCl)nc3cc(C)ccc32)cc1. The van der Waals surface area contributed by atoms with Crippen molar-refractivity contribution >= 4 is 22.6 Å². The summed E-state index contributed by atoms with van der Waals surface area (Å²) in [6.07, 6.45) is 0. The fraction of sp³-hybridized carbons (Fsp3) is 0.278. The van der Waals surface area contributed by atoms with Gasteiger partial charge in [-0.25, -0.2) is 4.98 Å². The van der Waals surface area contributed by atoms with Crippen LogP contribution in [0.5, 0.6) is 0 Å². The van der Waals surface area contributed by atoms with Crippen LogP contribution >= 0.6 is 11.6 Å². The summed E-state index contributed by atoms with van der Waals surface area (Å²) in [4.78, 5) is 4.69. The molecular formula is C18H19ClN2. The van der Waals surface area contributed by atoms with Gasteiger partial charge in [-0.1, -0.05) is 35.9 Å². The molecule has 0 N–H and O–H groups in total. The van der Waals surface area contributed by atoms with Crippen molar-refractivity contribution in [2.75, 3.05) is 0 Å². The Kier molecular flexibility index (Phi) is 3.73. The number of aryl methyl sites for hydroxylation is 2. The molecular weight excluding hydrogens is 280 g/mol. The third-order valence-corrected chi connectivity index (χ3v) is 4.22. The van der Waals surface area contributed by atoms with Crippen LogP contribution in [0, 0.1) is 13.8 Å². The molecule has 1 heterocycles. The molecule has 0 aliphatic heterocycles. The first-order valence-corrected chi connectivity index (χ1v) is 7.73. The molecule has 108 valence electrons. The first-order chi connectivity index (χ1) is 10.1. The molecule has 0 bridgehead atoms. The van der Waals surface area contributed by atoms with Gasteiger partial charge in [0.2, 0.25) is 0 Å². The Morgan fingerprint density at radius 3 is 2.38 bits per heavy atom. The highest BCUT2D eigenvalue weighted by molar-refractivity contribution is 6.16. The molecule has 0 spiro atoms. The lowest BCUT2D eigenvalue weighted by Crippen LogP contribution is -2.09. The second kappa shape index (κ2) is 5.53. The quantitative estimate of drug-likeness (QED) is 0.622. The zero-order chi connectivity index (χ0) is 15.0. The third kappa shape index (κ3) is 2.56. The average molecular weight is 299 g/mol. The van der Waals surface area contributed by atoms with Crippen molar-refractivity contribution in [1.29, 1.82) is 0 Å². The molecule has 0 saturated heterocycles. The summed E-state index contributed by atoms with van der Waals surface area (Å²) < 4.78 is 2.24. The molecule has 0 saturated carbocycles. The molecule has 2 nitrogen and oxygen atoms in total. The summed E-state index contributed by atoms with van der Waals surface area (Å²) in [5, 5.41) is 0. The minimum absolute atomic E-state index is 0.215. The van der Waals surface area contributed by atoms with Crippen LogP contribution < -0.4 is 0 Å². The monoisotopic (exact) mass is 298 g/mol. The summed E-state index contributed by atoms with van der Waals surface area (Å²) in [7, 11) is 0. The molecule has 2 aromatic carbocycles. The van der Waals surface area contributed by atoms with Crippen LogP contribution in [0.1, 0.15) is 35.5 Å². The maximum Gasteiger partial charge on any atom is 0.125 e. The van der Waals surface area contributed by atoms with Crippen LogP contribution in [-0.4, -0.2) is 9.55 Å². The molecule has 3 aromatic rings. The molecule has 21 heavy (non-hydrogen) atoms. The highest BCUT2D eigenvalue weighted by Gasteiger charge is 2.16. The highest BCUT2D eigenvalue weighted by Crippen LogP contribution is 2.27. The first-order valence-electron chi connectivity index (χ1n) is 7.20. The smallest absolute Gasteiger partial charge is 0.125 e. The van der Waals surface area contributed by atoms with E-state index < -0.39 is 0 Å². The van der Waals surface area contributed by atoms with E-state index >= 15 is 0 Å². The van der Waals surface area contributed by atoms with E-state index in [1.165, 1.54) is 16.7 Å². The number of benzene rings is 2. The number of alkyl halides is 1. The van der Waals surface area contributed by atoms with Crippen LogP contribution in [0.3, 0.4) is 0 Å². The maximum absolute atomic E-state index is 6.12. The number of hydrogen-bond acceptors (Lipinski definition) is 1. The van der Waals surface area contributed by atoms with E-state index in [0.717, 1.165) is 16.9 Å². The third-order valence-electron chi connectivity index (χ3n) is 3.98. The van der Waals surface area contributed by atoms with Gasteiger partial charge in [0.1, 0.15) is 5.82 Å². The zero-order valence-corrected chi connectivity index (χ0v) is 13.4. The summed E-state index contributed by atoms with van der Waals surface area (Å²) in [5.74, 6) is 1.34. The van der Waals surface area contributed by atoms with E-state index in [1.807, 2.05) is 0 Å². The van der Waals surface area contributed by atoms with Gasteiger partial charge in [-0.3, -0.25) is 0 Å². The molecule has 3 heteroatoms. The van der Waals surface area contributed by atoms with E-state index in [1.54, 1.807) is 0 Å². The number of aromatic nitrogens is 2. The highest BCUT2D eigenvalue weighted by atomic mass is 35.5. The minimum Gasteiger partial charge on any atom is -0.320 e. The van der Waals surface area contributed by atoms with Gasteiger partial charge in [0, 0.05) is 0 Å². The number of halogens is 1. The average Bonchev–Trinajstić information content (AvgIpc) is 2.84. The Labute approximate surface area is 130 Å². The Balaban J connectivity index is 2.16. The van der Waals surface area contributed by atoms with Crippen molar-refractivity contribution in [2.45, 2.75) is 32.7 Å². The summed E-state index contributed by atoms with van der Waals surface area (Å²) in [6.45, 7) is 6.39. The van der Waals surface area contributed by atoms with E-state index in [0.29, 0.717) is 5.88 Å². The van der Waals surface area contributed by atoms with E-state index in [9.17, 15) is 0 Å². The first kappa shape index (κ1) is 14.2. The van der Waals surface area contributed by atoms with Crippen LogP contribution in [0.25, 0.3) is 11.0 Å². The summed E-state index contributed by atoms with van der Waals surface area (Å²) in [5.41, 5.74) is 5.92. The van der Waals surface area contributed by atoms with E-state index in [-0.39, 0.29) is 6.04 Å². The van der Waals surface area contributed by atoms with Crippen molar-refractivity contribution in [1.82, 2.24) is 9.55 Å². The minimum atomic E-state index is 0.215. The molecule has 1 unspecified atom stereocenters. The Morgan fingerprint density at radius 1 is 1.05 bits per heavy atom. The van der Waals surface area contributed by atoms with Crippen molar-refractivity contribution in [2.24, 2.45) is 0 Å². The fourth-order valence-electron chi connectivity index (χ4n) is 2.78. The van der Waals surface area contributed by atoms with Crippen molar-refractivity contribution < 1.29 is 0 Å². The lowest BCUT2D eigenvalue weighted by Gasteiger charge is -2.18. The van der Waals surface area contributed by atoms with Crippen LogP contribution in [0.4, 0.5) is 0 Å². The van der Waals surface area contributed by atoms with Gasteiger partial charge in [-0.2, -0.15) is 0 Å². The Morgan fingerprint density at radius 2 is 1.71 bits per heavy atom. The lowest BCUT2D eigenvalue weighted by molar-refractivity contribution is 0.634. The summed E-state index contributed by atoms with van der Waals surface area (Å²) in [6, 6.07) is 15.2. The second-order valence-electron chi connectivity index (χ2n) is 5.61.